The largest absolute Gasteiger partial charge is 0.478 e. The van der Waals surface area contributed by atoms with E-state index in [1.54, 1.807) is 10.7 Å². The van der Waals surface area contributed by atoms with Gasteiger partial charge in [-0.3, -0.25) is 4.90 Å². The molecule has 7 heteroatoms. The first-order valence-electron chi connectivity index (χ1n) is 6.61. The molecule has 0 amide bonds. The smallest absolute Gasteiger partial charge is 0.335 e. The van der Waals surface area contributed by atoms with E-state index in [1.165, 1.54) is 12.1 Å². The van der Waals surface area contributed by atoms with Gasteiger partial charge in [-0.05, 0) is 12.1 Å². The van der Waals surface area contributed by atoms with Gasteiger partial charge in [0.15, 0.2) is 11.5 Å². The Bertz CT molecular complexity index is 619. The molecule has 1 fully saturated rings. The van der Waals surface area contributed by atoms with E-state index in [4.69, 9.17) is 9.84 Å². The first-order chi connectivity index (χ1) is 9.72. The Morgan fingerprint density at radius 1 is 1.40 bits per heavy atom. The highest BCUT2D eigenvalue weighted by atomic mass is 16.5. The maximum absolute atomic E-state index is 10.9. The van der Waals surface area contributed by atoms with E-state index in [0.717, 1.165) is 45.1 Å². The lowest BCUT2D eigenvalue weighted by Crippen LogP contribution is -2.37. The summed E-state index contributed by atoms with van der Waals surface area (Å²) in [6.45, 7) is 4.33. The number of ether oxygens (including phenoxy) is 1. The van der Waals surface area contributed by atoms with E-state index < -0.39 is 5.97 Å². The van der Waals surface area contributed by atoms with Crippen LogP contribution in [0, 0.1) is 0 Å². The van der Waals surface area contributed by atoms with Crippen LogP contribution in [-0.4, -0.2) is 63.4 Å². The van der Waals surface area contributed by atoms with Gasteiger partial charge < -0.3 is 9.84 Å². The van der Waals surface area contributed by atoms with Crippen molar-refractivity contribution in [2.24, 2.45) is 0 Å². The molecule has 106 valence electrons. The molecule has 1 aliphatic rings. The average molecular weight is 276 g/mol. The average Bonchev–Trinajstić information content (AvgIpc) is 2.88. The summed E-state index contributed by atoms with van der Waals surface area (Å²) in [5.41, 5.74) is 0.798. The lowest BCUT2D eigenvalue weighted by molar-refractivity contribution is 0.0382. The maximum Gasteiger partial charge on any atom is 0.335 e. The highest BCUT2D eigenvalue weighted by Crippen LogP contribution is 2.07. The zero-order chi connectivity index (χ0) is 13.9. The quantitative estimate of drug-likeness (QED) is 0.865. The van der Waals surface area contributed by atoms with Crippen LogP contribution in [-0.2, 0) is 11.2 Å². The summed E-state index contributed by atoms with van der Waals surface area (Å²) in [6.07, 6.45) is 2.38. The molecule has 1 aliphatic heterocycles. The minimum Gasteiger partial charge on any atom is -0.478 e. The normalized spacial score (nSPS) is 16.6. The van der Waals surface area contributed by atoms with Crippen molar-refractivity contribution in [2.75, 3.05) is 32.8 Å². The highest BCUT2D eigenvalue weighted by Gasteiger charge is 2.12. The molecule has 2 aromatic rings. The molecule has 0 radical (unpaired) electrons. The molecule has 1 saturated heterocycles. The van der Waals surface area contributed by atoms with Gasteiger partial charge in [-0.15, -0.1) is 0 Å². The SMILES string of the molecule is O=C(O)c1ccn2nc(CCN3CCOCC3)nc2c1. The number of morpholine rings is 1. The van der Waals surface area contributed by atoms with Crippen LogP contribution in [0.1, 0.15) is 16.2 Å². The van der Waals surface area contributed by atoms with Crippen molar-refractivity contribution >= 4 is 11.6 Å². The molecule has 0 aliphatic carbocycles. The van der Waals surface area contributed by atoms with Gasteiger partial charge in [0.1, 0.15) is 0 Å². The first-order valence-corrected chi connectivity index (χ1v) is 6.61. The number of hydrogen-bond acceptors (Lipinski definition) is 5. The van der Waals surface area contributed by atoms with E-state index in [0.29, 0.717) is 5.65 Å². The Kier molecular flexibility index (Phi) is 3.62. The summed E-state index contributed by atoms with van der Waals surface area (Å²) in [6, 6.07) is 3.06. The van der Waals surface area contributed by atoms with Gasteiger partial charge in [-0.1, -0.05) is 0 Å². The van der Waals surface area contributed by atoms with Gasteiger partial charge in [0.05, 0.1) is 18.8 Å². The topological polar surface area (TPSA) is 80.0 Å². The molecule has 7 nitrogen and oxygen atoms in total. The molecular formula is C13H16N4O3. The number of pyridine rings is 1. The van der Waals surface area contributed by atoms with Crippen LogP contribution in [0.15, 0.2) is 18.3 Å². The van der Waals surface area contributed by atoms with Crippen molar-refractivity contribution in [1.29, 1.82) is 0 Å². The van der Waals surface area contributed by atoms with Gasteiger partial charge in [-0.25, -0.2) is 14.3 Å². The number of carbonyl (C=O) groups is 1. The minimum absolute atomic E-state index is 0.227. The van der Waals surface area contributed by atoms with Crippen LogP contribution in [0.2, 0.25) is 0 Å². The van der Waals surface area contributed by atoms with E-state index >= 15 is 0 Å². The third kappa shape index (κ3) is 2.78. The Morgan fingerprint density at radius 3 is 2.95 bits per heavy atom. The van der Waals surface area contributed by atoms with Crippen molar-refractivity contribution in [1.82, 2.24) is 19.5 Å². The van der Waals surface area contributed by atoms with Crippen LogP contribution < -0.4 is 0 Å². The first kappa shape index (κ1) is 13.0. The van der Waals surface area contributed by atoms with Crippen LogP contribution in [0.3, 0.4) is 0 Å². The monoisotopic (exact) mass is 276 g/mol. The molecular weight excluding hydrogens is 260 g/mol. The van der Waals surface area contributed by atoms with Gasteiger partial charge >= 0.3 is 5.97 Å². The molecule has 2 aromatic heterocycles. The molecule has 20 heavy (non-hydrogen) atoms. The second-order valence-electron chi connectivity index (χ2n) is 4.76. The van der Waals surface area contributed by atoms with E-state index in [-0.39, 0.29) is 5.56 Å². The number of carboxylic acid groups (broad SMARTS) is 1. The predicted molar refractivity (Wildman–Crippen MR) is 70.9 cm³/mol. The third-order valence-corrected chi connectivity index (χ3v) is 3.38. The Morgan fingerprint density at radius 2 is 2.20 bits per heavy atom. The molecule has 0 bridgehead atoms. The Hall–Kier alpha value is -1.99. The van der Waals surface area contributed by atoms with E-state index in [9.17, 15) is 4.79 Å². The lowest BCUT2D eigenvalue weighted by Gasteiger charge is -2.25. The summed E-state index contributed by atoms with van der Waals surface area (Å²) in [4.78, 5) is 17.6. The second-order valence-corrected chi connectivity index (χ2v) is 4.76. The van der Waals surface area contributed by atoms with Gasteiger partial charge in [0, 0.05) is 32.3 Å². The molecule has 0 spiro atoms. The number of hydrogen-bond donors (Lipinski definition) is 1. The van der Waals surface area contributed by atoms with Crippen molar-refractivity contribution in [3.63, 3.8) is 0 Å². The van der Waals surface area contributed by atoms with Crippen molar-refractivity contribution in [3.8, 4) is 0 Å². The number of carboxylic acids is 1. The lowest BCUT2D eigenvalue weighted by atomic mass is 10.3. The molecule has 0 atom stereocenters. The maximum atomic E-state index is 10.9. The summed E-state index contributed by atoms with van der Waals surface area (Å²) < 4.78 is 6.91. The fourth-order valence-electron chi connectivity index (χ4n) is 2.25. The van der Waals surface area contributed by atoms with Crippen LogP contribution >= 0.6 is 0 Å². The molecule has 3 heterocycles. The van der Waals surface area contributed by atoms with Crippen molar-refractivity contribution < 1.29 is 14.6 Å². The predicted octanol–water partition coefficient (Wildman–Crippen LogP) is 0.302. The summed E-state index contributed by atoms with van der Waals surface area (Å²) in [5, 5.41) is 13.3. The zero-order valence-electron chi connectivity index (χ0n) is 11.0. The number of aromatic nitrogens is 3. The second kappa shape index (κ2) is 5.56. The third-order valence-electron chi connectivity index (χ3n) is 3.38. The minimum atomic E-state index is -0.953. The molecule has 3 rings (SSSR count). The molecule has 0 aromatic carbocycles. The van der Waals surface area contributed by atoms with E-state index in [2.05, 4.69) is 15.0 Å². The molecule has 0 saturated carbocycles. The van der Waals surface area contributed by atoms with Crippen molar-refractivity contribution in [2.45, 2.75) is 6.42 Å². The van der Waals surface area contributed by atoms with Gasteiger partial charge in [-0.2, -0.15) is 5.10 Å². The fourth-order valence-corrected chi connectivity index (χ4v) is 2.25. The number of fused-ring (bicyclic) bond motifs is 1. The summed E-state index contributed by atoms with van der Waals surface area (Å²) in [7, 11) is 0. The summed E-state index contributed by atoms with van der Waals surface area (Å²) >= 11 is 0. The van der Waals surface area contributed by atoms with Crippen molar-refractivity contribution in [3.05, 3.63) is 29.7 Å². The molecule has 0 unspecified atom stereocenters. The standard InChI is InChI=1S/C13H16N4O3/c18-13(19)10-1-4-17-12(9-10)14-11(15-17)2-3-16-5-7-20-8-6-16/h1,4,9H,2-3,5-8H2,(H,18,19). The Labute approximate surface area is 115 Å². The van der Waals surface area contributed by atoms with Gasteiger partial charge in [0.25, 0.3) is 0 Å². The Balaban J connectivity index is 1.70. The zero-order valence-corrected chi connectivity index (χ0v) is 11.0. The van der Waals surface area contributed by atoms with Crippen LogP contribution in [0.4, 0.5) is 0 Å². The van der Waals surface area contributed by atoms with Crippen LogP contribution in [0.5, 0.6) is 0 Å². The summed E-state index contributed by atoms with van der Waals surface area (Å²) in [5.74, 6) is -0.218. The molecule has 1 N–H and O–H groups in total. The van der Waals surface area contributed by atoms with Crippen LogP contribution in [0.25, 0.3) is 5.65 Å². The van der Waals surface area contributed by atoms with E-state index in [1.807, 2.05) is 0 Å². The number of rotatable bonds is 4. The highest BCUT2D eigenvalue weighted by molar-refractivity contribution is 5.88. The number of aromatic carboxylic acids is 1. The fraction of sp³-hybridized carbons (Fsp3) is 0.462. The van der Waals surface area contributed by atoms with Gasteiger partial charge in [0.2, 0.25) is 0 Å². The number of nitrogens with zero attached hydrogens (tertiary/aromatic N) is 4.